The van der Waals surface area contributed by atoms with Crippen LogP contribution in [0.15, 0.2) is 12.4 Å². The maximum Gasteiger partial charge on any atom is 0.307 e. The van der Waals surface area contributed by atoms with Gasteiger partial charge in [-0.15, -0.1) is 12.4 Å². The van der Waals surface area contributed by atoms with Crippen molar-refractivity contribution in [2.75, 3.05) is 6.54 Å². The topological polar surface area (TPSA) is 116 Å². The number of nitro groups is 1. The predicted octanol–water partition coefficient (Wildman–Crippen LogP) is 0.847. The summed E-state index contributed by atoms with van der Waals surface area (Å²) >= 11 is 0. The molecule has 0 atom stereocenters. The Hall–Kier alpha value is -1.67. The second-order valence-corrected chi connectivity index (χ2v) is 4.50. The van der Waals surface area contributed by atoms with Crippen LogP contribution in [0.4, 0.5) is 5.69 Å². The van der Waals surface area contributed by atoms with Gasteiger partial charge in [-0.1, -0.05) is 13.8 Å². The van der Waals surface area contributed by atoms with Crippen LogP contribution in [0, 0.1) is 10.1 Å². The van der Waals surface area contributed by atoms with Gasteiger partial charge < -0.3 is 11.1 Å². The third-order valence-electron chi connectivity index (χ3n) is 3.18. The molecule has 0 bridgehead atoms. The molecule has 3 N–H and O–H groups in total. The maximum atomic E-state index is 11.7. The molecule has 20 heavy (non-hydrogen) atoms. The van der Waals surface area contributed by atoms with Crippen LogP contribution < -0.4 is 11.1 Å². The molecule has 0 aliphatic rings. The highest BCUT2D eigenvalue weighted by atomic mass is 35.5. The number of hydrogen-bond donors (Lipinski definition) is 2. The molecule has 0 saturated carbocycles. The normalized spacial score (nSPS) is 10.8. The average Bonchev–Trinajstić information content (AvgIpc) is 2.84. The van der Waals surface area contributed by atoms with Gasteiger partial charge in [0.25, 0.3) is 0 Å². The summed E-state index contributed by atoms with van der Waals surface area (Å²) in [5, 5.41) is 16.9. The first kappa shape index (κ1) is 18.3. The zero-order valence-corrected chi connectivity index (χ0v) is 12.4. The van der Waals surface area contributed by atoms with E-state index in [-0.39, 0.29) is 30.5 Å². The summed E-state index contributed by atoms with van der Waals surface area (Å²) in [6.07, 6.45) is 3.85. The number of carbonyl (C=O) groups excluding carboxylic acids is 1. The molecule has 114 valence electrons. The first-order valence-electron chi connectivity index (χ1n) is 6.12. The highest BCUT2D eigenvalue weighted by molar-refractivity contribution is 5.85. The molecule has 0 aliphatic carbocycles. The maximum absolute atomic E-state index is 11.7. The van der Waals surface area contributed by atoms with Gasteiger partial charge in [0.1, 0.15) is 18.9 Å². The second-order valence-electron chi connectivity index (χ2n) is 4.50. The van der Waals surface area contributed by atoms with Crippen LogP contribution in [0.3, 0.4) is 0 Å². The van der Waals surface area contributed by atoms with Crippen LogP contribution in [-0.2, 0) is 11.3 Å². The summed E-state index contributed by atoms with van der Waals surface area (Å²) in [6, 6.07) is 0. The molecule has 0 saturated heterocycles. The lowest BCUT2D eigenvalue weighted by Crippen LogP contribution is -2.49. The second kappa shape index (κ2) is 7.81. The lowest BCUT2D eigenvalue weighted by molar-refractivity contribution is -0.385. The monoisotopic (exact) mass is 305 g/mol. The highest BCUT2D eigenvalue weighted by Gasteiger charge is 2.21. The molecule has 9 heteroatoms. The summed E-state index contributed by atoms with van der Waals surface area (Å²) in [5.74, 6) is -0.269. The van der Waals surface area contributed by atoms with Crippen LogP contribution in [0.5, 0.6) is 0 Å². The lowest BCUT2D eigenvalue weighted by Gasteiger charge is -2.26. The van der Waals surface area contributed by atoms with E-state index < -0.39 is 10.5 Å². The number of nitrogens with two attached hydrogens (primary N) is 1. The van der Waals surface area contributed by atoms with E-state index in [1.165, 1.54) is 10.9 Å². The van der Waals surface area contributed by atoms with Crippen molar-refractivity contribution < 1.29 is 9.72 Å². The number of halogens is 1. The van der Waals surface area contributed by atoms with E-state index in [1.54, 1.807) is 0 Å². The van der Waals surface area contributed by atoms with Gasteiger partial charge in [-0.2, -0.15) is 5.10 Å². The molecular formula is C11H20ClN5O3. The van der Waals surface area contributed by atoms with E-state index in [4.69, 9.17) is 5.73 Å². The van der Waals surface area contributed by atoms with E-state index >= 15 is 0 Å². The minimum atomic E-state index is -0.555. The number of carbonyl (C=O) groups is 1. The molecule has 0 radical (unpaired) electrons. The Kier molecular flexibility index (Phi) is 7.16. The van der Waals surface area contributed by atoms with Crippen molar-refractivity contribution in [3.05, 3.63) is 22.5 Å². The van der Waals surface area contributed by atoms with Gasteiger partial charge in [0.15, 0.2) is 0 Å². The molecule has 1 heterocycles. The number of nitrogens with zero attached hydrogens (tertiary/aromatic N) is 3. The summed E-state index contributed by atoms with van der Waals surface area (Å²) in [4.78, 5) is 21.6. The Morgan fingerprint density at radius 1 is 1.55 bits per heavy atom. The van der Waals surface area contributed by atoms with Crippen LogP contribution in [0.1, 0.15) is 26.7 Å². The summed E-state index contributed by atoms with van der Waals surface area (Å²) in [6.45, 7) is 4.25. The van der Waals surface area contributed by atoms with Crippen molar-refractivity contribution in [3.8, 4) is 0 Å². The quantitative estimate of drug-likeness (QED) is 0.572. The van der Waals surface area contributed by atoms with Crippen LogP contribution in [0.2, 0.25) is 0 Å². The smallest absolute Gasteiger partial charge is 0.307 e. The average molecular weight is 306 g/mol. The lowest BCUT2D eigenvalue weighted by atomic mass is 9.94. The molecular weight excluding hydrogens is 286 g/mol. The Morgan fingerprint density at radius 2 is 2.15 bits per heavy atom. The number of hydrogen-bond acceptors (Lipinski definition) is 5. The number of amides is 1. The van der Waals surface area contributed by atoms with E-state index in [0.717, 1.165) is 19.0 Å². The van der Waals surface area contributed by atoms with Gasteiger partial charge in [-0.3, -0.25) is 19.6 Å². The van der Waals surface area contributed by atoms with E-state index in [1.807, 2.05) is 13.8 Å². The summed E-state index contributed by atoms with van der Waals surface area (Å²) in [5.41, 5.74) is 5.51. The van der Waals surface area contributed by atoms with E-state index in [2.05, 4.69) is 10.4 Å². The van der Waals surface area contributed by atoms with E-state index in [0.29, 0.717) is 6.54 Å². The number of nitrogens with one attached hydrogen (secondary N) is 1. The minimum absolute atomic E-state index is 0. The molecule has 1 amide bonds. The van der Waals surface area contributed by atoms with E-state index in [9.17, 15) is 14.9 Å². The number of rotatable bonds is 7. The Labute approximate surface area is 123 Å². The third kappa shape index (κ3) is 5.14. The van der Waals surface area contributed by atoms with Gasteiger partial charge >= 0.3 is 5.69 Å². The highest BCUT2D eigenvalue weighted by Crippen LogP contribution is 2.10. The molecule has 1 aromatic heterocycles. The van der Waals surface area contributed by atoms with Crippen molar-refractivity contribution in [2.45, 2.75) is 38.8 Å². The molecule has 8 nitrogen and oxygen atoms in total. The SMILES string of the molecule is CCC(N)(CC)CNC(=O)Cn1cc([N+](=O)[O-])cn1.Cl. The first-order valence-corrected chi connectivity index (χ1v) is 6.12. The molecule has 0 aromatic carbocycles. The molecule has 0 unspecified atom stereocenters. The van der Waals surface area contributed by atoms with Gasteiger partial charge in [-0.25, -0.2) is 0 Å². The van der Waals surface area contributed by atoms with Gasteiger partial charge in [-0.05, 0) is 12.8 Å². The Bertz CT molecular complexity index is 459. The molecule has 1 rings (SSSR count). The standard InChI is InChI=1S/C11H19N5O3.ClH/c1-3-11(12,4-2)8-13-10(17)7-15-6-9(5-14-15)16(18)19;/h5-6H,3-4,7-8,12H2,1-2H3,(H,13,17);1H. The van der Waals surface area contributed by atoms with Crippen LogP contribution in [-0.4, -0.2) is 32.7 Å². The third-order valence-corrected chi connectivity index (χ3v) is 3.18. The molecule has 0 spiro atoms. The van der Waals surface area contributed by atoms with Crippen molar-refractivity contribution >= 4 is 24.0 Å². The molecule has 0 fully saturated rings. The van der Waals surface area contributed by atoms with Gasteiger partial charge in [0.2, 0.25) is 5.91 Å². The Balaban J connectivity index is 0.00000361. The zero-order chi connectivity index (χ0) is 14.5. The molecule has 1 aromatic rings. The fourth-order valence-corrected chi connectivity index (χ4v) is 1.51. The van der Waals surface area contributed by atoms with Crippen molar-refractivity contribution in [1.82, 2.24) is 15.1 Å². The largest absolute Gasteiger partial charge is 0.353 e. The van der Waals surface area contributed by atoms with Gasteiger partial charge in [0, 0.05) is 12.1 Å². The molecule has 0 aliphatic heterocycles. The first-order chi connectivity index (χ1) is 8.90. The zero-order valence-electron chi connectivity index (χ0n) is 11.5. The fourth-order valence-electron chi connectivity index (χ4n) is 1.51. The summed E-state index contributed by atoms with van der Waals surface area (Å²) in [7, 11) is 0. The van der Waals surface area contributed by atoms with Crippen LogP contribution in [0.25, 0.3) is 0 Å². The predicted molar refractivity (Wildman–Crippen MR) is 76.6 cm³/mol. The Morgan fingerprint density at radius 3 is 2.60 bits per heavy atom. The summed E-state index contributed by atoms with van der Waals surface area (Å²) < 4.78 is 1.23. The number of aromatic nitrogens is 2. The van der Waals surface area contributed by atoms with Crippen molar-refractivity contribution in [1.29, 1.82) is 0 Å². The van der Waals surface area contributed by atoms with Crippen molar-refractivity contribution in [3.63, 3.8) is 0 Å². The van der Waals surface area contributed by atoms with Gasteiger partial charge in [0.05, 0.1) is 4.92 Å². The van der Waals surface area contributed by atoms with Crippen LogP contribution >= 0.6 is 12.4 Å². The minimum Gasteiger partial charge on any atom is -0.353 e. The van der Waals surface area contributed by atoms with Crippen molar-refractivity contribution in [2.24, 2.45) is 5.73 Å². The fraction of sp³-hybridized carbons (Fsp3) is 0.636.